The van der Waals surface area contributed by atoms with Crippen molar-refractivity contribution in [2.75, 3.05) is 49.3 Å². The van der Waals surface area contributed by atoms with Gasteiger partial charge in [0.15, 0.2) is 0 Å². The lowest BCUT2D eigenvalue weighted by molar-refractivity contribution is -0.309. The summed E-state index contributed by atoms with van der Waals surface area (Å²) in [5.41, 5.74) is 0. The Morgan fingerprint density at radius 2 is 1.81 bits per heavy atom. The molecule has 0 aromatic carbocycles. The van der Waals surface area contributed by atoms with Gasteiger partial charge in [-0.3, -0.25) is 4.79 Å². The Morgan fingerprint density at radius 1 is 1.15 bits per heavy atom. The second-order valence-corrected chi connectivity index (χ2v) is 6.17. The molecule has 1 rings (SSSR count). The number of hydrogen-bond donors (Lipinski definition) is 1. The van der Waals surface area contributed by atoms with Crippen molar-refractivity contribution in [2.24, 2.45) is 0 Å². The summed E-state index contributed by atoms with van der Waals surface area (Å²) in [7, 11) is 8.55. The molecule has 0 radical (unpaired) electrons. The molecule has 1 aliphatic rings. The van der Waals surface area contributed by atoms with Gasteiger partial charge in [-0.1, -0.05) is 0 Å². The highest BCUT2D eigenvalue weighted by atomic mass is 16.7. The van der Waals surface area contributed by atoms with Crippen LogP contribution in [0.1, 0.15) is 13.3 Å². The topological polar surface area (TPSA) is 111 Å². The molecule has 1 N–H and O–H groups in total. The zero-order valence-corrected chi connectivity index (χ0v) is 17.0. The molecule has 0 saturated carbocycles. The maximum atomic E-state index is 12.4. The molecule has 0 spiro atoms. The smallest absolute Gasteiger partial charge is 0.366 e. The third-order valence-corrected chi connectivity index (χ3v) is 4.65. The van der Waals surface area contributed by atoms with E-state index in [1.807, 2.05) is 0 Å². The predicted molar refractivity (Wildman–Crippen MR) is 93.1 cm³/mol. The summed E-state index contributed by atoms with van der Waals surface area (Å²) >= 11 is 0. The van der Waals surface area contributed by atoms with Gasteiger partial charge < -0.3 is 38.5 Å². The van der Waals surface area contributed by atoms with Crippen LogP contribution in [0, 0.1) is 0 Å². The Balaban J connectivity index is 3.37. The first kappa shape index (κ1) is 23.7. The Hall–Kier alpha value is -1.30. The first-order valence-corrected chi connectivity index (χ1v) is 8.49. The van der Waals surface area contributed by atoms with E-state index in [4.69, 9.17) is 33.2 Å². The van der Waals surface area contributed by atoms with Gasteiger partial charge in [-0.25, -0.2) is 4.79 Å². The highest BCUT2D eigenvalue weighted by molar-refractivity contribution is 5.78. The molecular formula is C17H31NO9. The Labute approximate surface area is 159 Å². The van der Waals surface area contributed by atoms with Gasteiger partial charge in [0.25, 0.3) is 5.79 Å². The second kappa shape index (κ2) is 10.9. The zero-order valence-electron chi connectivity index (χ0n) is 17.0. The lowest BCUT2D eigenvalue weighted by atomic mass is 9.88. The molecule has 27 heavy (non-hydrogen) atoms. The minimum Gasteiger partial charge on any atom is -0.465 e. The number of hydrogen-bond acceptors (Lipinski definition) is 9. The molecule has 1 fully saturated rings. The number of rotatable bonds is 10. The average Bonchev–Trinajstić information content (AvgIpc) is 2.67. The third kappa shape index (κ3) is 5.37. The number of methoxy groups -OCH3 is 6. The van der Waals surface area contributed by atoms with Gasteiger partial charge in [-0.15, -0.1) is 0 Å². The minimum absolute atomic E-state index is 0.0203. The molecule has 0 aromatic heterocycles. The number of nitrogens with one attached hydrogen (secondary N) is 1. The first-order valence-electron chi connectivity index (χ1n) is 8.49. The lowest BCUT2D eigenvalue weighted by Gasteiger charge is -2.48. The van der Waals surface area contributed by atoms with Crippen LogP contribution < -0.4 is 5.32 Å². The monoisotopic (exact) mass is 393 g/mol. The molecule has 158 valence electrons. The maximum Gasteiger partial charge on any atom is 0.366 e. The van der Waals surface area contributed by atoms with E-state index in [1.54, 1.807) is 0 Å². The summed E-state index contributed by atoms with van der Waals surface area (Å²) < 4.78 is 38.1. The molecule has 0 aliphatic carbocycles. The van der Waals surface area contributed by atoms with Crippen LogP contribution in [0.2, 0.25) is 0 Å². The van der Waals surface area contributed by atoms with Crippen molar-refractivity contribution >= 4 is 11.9 Å². The molecule has 10 heteroatoms. The molecule has 1 amide bonds. The minimum atomic E-state index is -1.71. The number of ether oxygens (including phenoxy) is 7. The number of esters is 1. The maximum absolute atomic E-state index is 12.4. The van der Waals surface area contributed by atoms with Gasteiger partial charge in [0.2, 0.25) is 5.91 Å². The van der Waals surface area contributed by atoms with E-state index >= 15 is 0 Å². The largest absolute Gasteiger partial charge is 0.465 e. The fourth-order valence-electron chi connectivity index (χ4n) is 3.32. The molecule has 6 atom stereocenters. The van der Waals surface area contributed by atoms with Crippen LogP contribution in [-0.2, 0) is 42.7 Å². The predicted octanol–water partition coefficient (Wildman–Crippen LogP) is -0.513. The van der Waals surface area contributed by atoms with Gasteiger partial charge in [-0.2, -0.15) is 0 Å². The van der Waals surface area contributed by atoms with Gasteiger partial charge in [0.05, 0.1) is 25.9 Å². The van der Waals surface area contributed by atoms with Crippen molar-refractivity contribution in [1.82, 2.24) is 5.32 Å². The number of carbonyl (C=O) groups excluding carboxylic acids is 2. The van der Waals surface area contributed by atoms with Crippen LogP contribution in [0.3, 0.4) is 0 Å². The van der Waals surface area contributed by atoms with Crippen molar-refractivity contribution in [1.29, 1.82) is 0 Å². The van der Waals surface area contributed by atoms with Crippen LogP contribution in [0.5, 0.6) is 0 Å². The SMILES string of the molecule is COC[C@@H](OC)[C@@H](OC)C1O[C@@](OC)(C(=O)OC)C[C@@H](OC)C1NC(C)=O. The zero-order chi connectivity index (χ0) is 20.6. The fourth-order valence-corrected chi connectivity index (χ4v) is 3.32. The molecule has 0 aromatic rings. The highest BCUT2D eigenvalue weighted by Crippen LogP contribution is 2.35. The molecule has 1 heterocycles. The van der Waals surface area contributed by atoms with Crippen LogP contribution >= 0.6 is 0 Å². The summed E-state index contributed by atoms with van der Waals surface area (Å²) in [6, 6.07) is -0.625. The van der Waals surface area contributed by atoms with E-state index in [2.05, 4.69) is 5.32 Å². The van der Waals surface area contributed by atoms with Gasteiger partial charge in [0.1, 0.15) is 18.3 Å². The van der Waals surface area contributed by atoms with Crippen molar-refractivity contribution in [3.8, 4) is 0 Å². The van der Waals surface area contributed by atoms with Crippen molar-refractivity contribution in [2.45, 2.75) is 49.6 Å². The third-order valence-electron chi connectivity index (χ3n) is 4.65. The van der Waals surface area contributed by atoms with E-state index in [9.17, 15) is 9.59 Å². The van der Waals surface area contributed by atoms with Crippen LogP contribution in [-0.4, -0.2) is 97.4 Å². The number of amides is 1. The Kier molecular flexibility index (Phi) is 9.57. The molecule has 2 unspecified atom stereocenters. The first-order chi connectivity index (χ1) is 12.8. The normalized spacial score (nSPS) is 30.4. The van der Waals surface area contributed by atoms with Gasteiger partial charge in [0, 0.05) is 48.9 Å². The standard InChI is InChI=1S/C17H31NO9/c1-10(19)18-13-11(22-3)8-17(26-7,16(20)25-6)27-15(13)14(24-5)12(23-4)9-21-2/h11-15H,8-9H2,1-7H3,(H,18,19)/t11-,12-,13?,14-,15?,17-/m1/s1. The van der Waals surface area contributed by atoms with Gasteiger partial charge in [-0.05, 0) is 0 Å². The van der Waals surface area contributed by atoms with Crippen LogP contribution in [0.15, 0.2) is 0 Å². The van der Waals surface area contributed by atoms with E-state index in [-0.39, 0.29) is 18.9 Å². The summed E-state index contributed by atoms with van der Waals surface area (Å²) in [6.07, 6.45) is -2.68. The molecule has 10 nitrogen and oxygen atoms in total. The van der Waals surface area contributed by atoms with Crippen molar-refractivity contribution in [3.05, 3.63) is 0 Å². The highest BCUT2D eigenvalue weighted by Gasteiger charge is 2.56. The lowest BCUT2D eigenvalue weighted by Crippen LogP contribution is -2.68. The summed E-state index contributed by atoms with van der Waals surface area (Å²) in [5, 5.41) is 2.81. The molecule has 0 bridgehead atoms. The van der Waals surface area contributed by atoms with E-state index in [0.29, 0.717) is 0 Å². The van der Waals surface area contributed by atoms with Crippen LogP contribution in [0.25, 0.3) is 0 Å². The molecular weight excluding hydrogens is 362 g/mol. The quantitative estimate of drug-likeness (QED) is 0.490. The summed E-state index contributed by atoms with van der Waals surface area (Å²) in [5.74, 6) is -2.71. The Morgan fingerprint density at radius 3 is 2.22 bits per heavy atom. The van der Waals surface area contributed by atoms with E-state index in [1.165, 1.54) is 49.6 Å². The van der Waals surface area contributed by atoms with E-state index in [0.717, 1.165) is 0 Å². The fraction of sp³-hybridized carbons (Fsp3) is 0.882. The van der Waals surface area contributed by atoms with E-state index < -0.39 is 42.2 Å². The second-order valence-electron chi connectivity index (χ2n) is 6.17. The van der Waals surface area contributed by atoms with Crippen molar-refractivity contribution < 1.29 is 42.7 Å². The van der Waals surface area contributed by atoms with Crippen LogP contribution in [0.4, 0.5) is 0 Å². The summed E-state index contributed by atoms with van der Waals surface area (Å²) in [6.45, 7) is 1.59. The molecule has 1 saturated heterocycles. The average molecular weight is 393 g/mol. The van der Waals surface area contributed by atoms with Crippen molar-refractivity contribution in [3.63, 3.8) is 0 Å². The Bertz CT molecular complexity index is 489. The van der Waals surface area contributed by atoms with Gasteiger partial charge >= 0.3 is 5.97 Å². The summed E-state index contributed by atoms with van der Waals surface area (Å²) in [4.78, 5) is 24.2. The number of carbonyl (C=O) groups is 2. The molecule has 1 aliphatic heterocycles.